The van der Waals surface area contributed by atoms with Crippen LogP contribution in [-0.2, 0) is 9.53 Å². The molecule has 0 fully saturated rings. The van der Waals surface area contributed by atoms with Crippen LogP contribution in [0.2, 0.25) is 0 Å². The number of ether oxygens (including phenoxy) is 2. The number of non-ortho nitro benzene ring substituents is 1. The molecular formula is C14H20N2O5. The monoisotopic (exact) mass is 296 g/mol. The molecule has 0 saturated carbocycles. The van der Waals surface area contributed by atoms with E-state index in [2.05, 4.69) is 5.32 Å². The summed E-state index contributed by atoms with van der Waals surface area (Å²) in [5.74, 6) is 0.0581. The number of carbonyl (C=O) groups excluding carboxylic acids is 1. The standard InChI is InChI=1S/C14H20N2O5/c1-4-15-14(3,13(17)20-5-2)10-21-12-8-6-11(7-9-12)16(18)19/h6-9,15H,4-5,10H2,1-3H3. The van der Waals surface area contributed by atoms with Crippen molar-refractivity contribution in [2.45, 2.75) is 26.3 Å². The predicted octanol–water partition coefficient (Wildman–Crippen LogP) is 1.90. The molecule has 0 amide bonds. The fourth-order valence-corrected chi connectivity index (χ4v) is 1.75. The molecule has 0 heterocycles. The number of hydrogen-bond acceptors (Lipinski definition) is 6. The predicted molar refractivity (Wildman–Crippen MR) is 77.3 cm³/mol. The van der Waals surface area contributed by atoms with Crippen molar-refractivity contribution in [1.82, 2.24) is 5.32 Å². The molecule has 0 aliphatic carbocycles. The van der Waals surface area contributed by atoms with Gasteiger partial charge in [-0.05, 0) is 32.5 Å². The number of benzene rings is 1. The summed E-state index contributed by atoms with van der Waals surface area (Å²) >= 11 is 0. The summed E-state index contributed by atoms with van der Waals surface area (Å²) in [6.45, 7) is 6.25. The molecule has 21 heavy (non-hydrogen) atoms. The largest absolute Gasteiger partial charge is 0.491 e. The summed E-state index contributed by atoms with van der Waals surface area (Å²) in [5, 5.41) is 13.6. The Morgan fingerprint density at radius 3 is 2.43 bits per heavy atom. The van der Waals surface area contributed by atoms with E-state index in [1.165, 1.54) is 24.3 Å². The van der Waals surface area contributed by atoms with E-state index in [0.29, 0.717) is 12.3 Å². The molecule has 0 saturated heterocycles. The quantitative estimate of drug-likeness (QED) is 0.447. The van der Waals surface area contributed by atoms with Gasteiger partial charge in [-0.3, -0.25) is 15.4 Å². The van der Waals surface area contributed by atoms with Gasteiger partial charge in [0.1, 0.15) is 17.9 Å². The number of rotatable bonds is 8. The topological polar surface area (TPSA) is 90.7 Å². The fraction of sp³-hybridized carbons (Fsp3) is 0.500. The second-order valence-electron chi connectivity index (χ2n) is 4.62. The Labute approximate surface area is 123 Å². The Balaban J connectivity index is 2.72. The third-order valence-electron chi connectivity index (χ3n) is 2.87. The maximum absolute atomic E-state index is 12.0. The number of likely N-dealkylation sites (N-methyl/N-ethyl adjacent to an activating group) is 1. The van der Waals surface area contributed by atoms with Gasteiger partial charge in [0.15, 0.2) is 0 Å². The van der Waals surface area contributed by atoms with Gasteiger partial charge in [0.05, 0.1) is 11.5 Å². The number of carbonyl (C=O) groups is 1. The third-order valence-corrected chi connectivity index (χ3v) is 2.87. The van der Waals surface area contributed by atoms with E-state index in [0.717, 1.165) is 0 Å². The first-order valence-corrected chi connectivity index (χ1v) is 6.72. The highest BCUT2D eigenvalue weighted by molar-refractivity contribution is 5.80. The number of nitrogens with zero attached hydrogens (tertiary/aromatic N) is 1. The van der Waals surface area contributed by atoms with Gasteiger partial charge in [0, 0.05) is 12.1 Å². The number of hydrogen-bond donors (Lipinski definition) is 1. The fourth-order valence-electron chi connectivity index (χ4n) is 1.75. The van der Waals surface area contributed by atoms with Gasteiger partial charge in [0.25, 0.3) is 5.69 Å². The van der Waals surface area contributed by atoms with E-state index in [9.17, 15) is 14.9 Å². The molecule has 0 radical (unpaired) electrons. The Kier molecular flexibility index (Phi) is 6.10. The highest BCUT2D eigenvalue weighted by Crippen LogP contribution is 2.19. The normalized spacial score (nSPS) is 13.3. The van der Waals surface area contributed by atoms with Gasteiger partial charge >= 0.3 is 5.97 Å². The molecular weight excluding hydrogens is 276 g/mol. The number of nitro benzene ring substituents is 1. The van der Waals surface area contributed by atoms with E-state index in [4.69, 9.17) is 9.47 Å². The van der Waals surface area contributed by atoms with Crippen LogP contribution in [-0.4, -0.2) is 36.2 Å². The lowest BCUT2D eigenvalue weighted by molar-refractivity contribution is -0.384. The second kappa shape index (κ2) is 7.58. The number of nitrogens with one attached hydrogen (secondary N) is 1. The lowest BCUT2D eigenvalue weighted by Crippen LogP contribution is -2.54. The Morgan fingerprint density at radius 2 is 1.95 bits per heavy atom. The molecule has 1 unspecified atom stereocenters. The first-order chi connectivity index (χ1) is 9.92. The molecule has 1 rings (SSSR count). The van der Waals surface area contributed by atoms with Crippen LogP contribution in [0.15, 0.2) is 24.3 Å². The highest BCUT2D eigenvalue weighted by Gasteiger charge is 2.35. The lowest BCUT2D eigenvalue weighted by Gasteiger charge is -2.27. The summed E-state index contributed by atoms with van der Waals surface area (Å²) in [5.41, 5.74) is -0.978. The number of esters is 1. The van der Waals surface area contributed by atoms with Crippen LogP contribution in [0, 0.1) is 10.1 Å². The zero-order chi connectivity index (χ0) is 15.9. The van der Waals surface area contributed by atoms with E-state index >= 15 is 0 Å². The first-order valence-electron chi connectivity index (χ1n) is 6.72. The van der Waals surface area contributed by atoms with Crippen molar-refractivity contribution >= 4 is 11.7 Å². The summed E-state index contributed by atoms with van der Waals surface area (Å²) in [7, 11) is 0. The molecule has 0 aliphatic rings. The van der Waals surface area contributed by atoms with Crippen LogP contribution < -0.4 is 10.1 Å². The number of nitro groups is 1. The van der Waals surface area contributed by atoms with Crippen LogP contribution in [0.25, 0.3) is 0 Å². The van der Waals surface area contributed by atoms with Crippen molar-refractivity contribution in [3.63, 3.8) is 0 Å². The van der Waals surface area contributed by atoms with Crippen molar-refractivity contribution in [1.29, 1.82) is 0 Å². The molecule has 1 aromatic carbocycles. The molecule has 7 nitrogen and oxygen atoms in total. The van der Waals surface area contributed by atoms with E-state index < -0.39 is 16.4 Å². The van der Waals surface area contributed by atoms with Gasteiger partial charge in [-0.15, -0.1) is 0 Å². The minimum atomic E-state index is -0.966. The molecule has 1 aromatic rings. The minimum Gasteiger partial charge on any atom is -0.491 e. The summed E-state index contributed by atoms with van der Waals surface area (Å²) in [6.07, 6.45) is 0. The highest BCUT2D eigenvalue weighted by atomic mass is 16.6. The van der Waals surface area contributed by atoms with Gasteiger partial charge in [0.2, 0.25) is 0 Å². The zero-order valence-electron chi connectivity index (χ0n) is 12.4. The van der Waals surface area contributed by atoms with Gasteiger partial charge < -0.3 is 9.47 Å². The average Bonchev–Trinajstić information content (AvgIpc) is 2.46. The Morgan fingerprint density at radius 1 is 1.33 bits per heavy atom. The Hall–Kier alpha value is -2.15. The van der Waals surface area contributed by atoms with E-state index in [1.54, 1.807) is 13.8 Å². The van der Waals surface area contributed by atoms with E-state index in [-0.39, 0.29) is 18.9 Å². The van der Waals surface area contributed by atoms with Crippen LogP contribution in [0.1, 0.15) is 20.8 Å². The van der Waals surface area contributed by atoms with Crippen LogP contribution in [0.5, 0.6) is 5.75 Å². The van der Waals surface area contributed by atoms with Crippen molar-refractivity contribution in [3.05, 3.63) is 34.4 Å². The van der Waals surface area contributed by atoms with Crippen molar-refractivity contribution in [2.24, 2.45) is 0 Å². The maximum atomic E-state index is 12.0. The Bertz CT molecular complexity index is 489. The molecule has 7 heteroatoms. The van der Waals surface area contributed by atoms with Crippen LogP contribution in [0.4, 0.5) is 5.69 Å². The molecule has 0 aromatic heterocycles. The van der Waals surface area contributed by atoms with Gasteiger partial charge in [-0.25, -0.2) is 4.79 Å². The average molecular weight is 296 g/mol. The van der Waals surface area contributed by atoms with Crippen molar-refractivity contribution in [3.8, 4) is 5.75 Å². The summed E-state index contributed by atoms with van der Waals surface area (Å²) < 4.78 is 10.6. The van der Waals surface area contributed by atoms with Crippen molar-refractivity contribution in [2.75, 3.05) is 19.8 Å². The minimum absolute atomic E-state index is 0.0119. The summed E-state index contributed by atoms with van der Waals surface area (Å²) in [6, 6.07) is 5.69. The smallest absolute Gasteiger partial charge is 0.329 e. The molecule has 116 valence electrons. The lowest BCUT2D eigenvalue weighted by atomic mass is 10.0. The summed E-state index contributed by atoms with van der Waals surface area (Å²) in [4.78, 5) is 22.1. The maximum Gasteiger partial charge on any atom is 0.329 e. The first kappa shape index (κ1) is 16.9. The van der Waals surface area contributed by atoms with Gasteiger partial charge in [-0.2, -0.15) is 0 Å². The second-order valence-corrected chi connectivity index (χ2v) is 4.62. The van der Waals surface area contributed by atoms with Gasteiger partial charge in [-0.1, -0.05) is 6.92 Å². The SMILES string of the molecule is CCNC(C)(COc1ccc([N+](=O)[O-])cc1)C(=O)OCC. The van der Waals surface area contributed by atoms with E-state index in [1.807, 2.05) is 6.92 Å². The molecule has 0 spiro atoms. The molecule has 1 N–H and O–H groups in total. The molecule has 0 bridgehead atoms. The molecule has 0 aliphatic heterocycles. The van der Waals surface area contributed by atoms with Crippen LogP contribution >= 0.6 is 0 Å². The molecule has 1 atom stereocenters. The van der Waals surface area contributed by atoms with Crippen LogP contribution in [0.3, 0.4) is 0 Å². The zero-order valence-corrected chi connectivity index (χ0v) is 12.4. The van der Waals surface area contributed by atoms with Crippen molar-refractivity contribution < 1.29 is 19.2 Å². The third kappa shape index (κ3) is 4.71.